The summed E-state index contributed by atoms with van der Waals surface area (Å²) in [5.41, 5.74) is 0. The molecule has 0 aromatic carbocycles. The van der Waals surface area contributed by atoms with E-state index in [1.165, 1.54) is 0 Å². The summed E-state index contributed by atoms with van der Waals surface area (Å²) in [4.78, 5) is 2.15. The molecule has 2 heteroatoms. The van der Waals surface area contributed by atoms with Gasteiger partial charge in [0.1, 0.15) is 6.17 Å². The molecule has 1 fully saturated rings. The van der Waals surface area contributed by atoms with Crippen LogP contribution in [0.25, 0.3) is 0 Å². The lowest BCUT2D eigenvalue weighted by molar-refractivity contribution is 0.291. The van der Waals surface area contributed by atoms with Gasteiger partial charge in [-0.25, -0.2) is 4.39 Å². The molecule has 0 unspecified atom stereocenters. The minimum atomic E-state index is -0.579. The van der Waals surface area contributed by atoms with Gasteiger partial charge in [0, 0.05) is 19.6 Å². The van der Waals surface area contributed by atoms with E-state index in [2.05, 4.69) is 11.5 Å². The molecular formula is C8H14FN. The second kappa shape index (κ2) is 3.71. The van der Waals surface area contributed by atoms with Gasteiger partial charge in [0.25, 0.3) is 0 Å². The van der Waals surface area contributed by atoms with Crippen LogP contribution in [0.3, 0.4) is 0 Å². The van der Waals surface area contributed by atoms with Gasteiger partial charge < -0.3 is 4.90 Å². The third-order valence-electron chi connectivity index (χ3n) is 1.86. The molecule has 0 N–H and O–H groups in total. The number of halogens is 1. The molecule has 58 valence electrons. The van der Waals surface area contributed by atoms with Crippen molar-refractivity contribution in [2.24, 2.45) is 0 Å². The molecule has 1 aliphatic rings. The van der Waals surface area contributed by atoms with E-state index >= 15 is 0 Å². The van der Waals surface area contributed by atoms with Crippen molar-refractivity contribution in [2.45, 2.75) is 19.0 Å². The van der Waals surface area contributed by atoms with Crippen molar-refractivity contribution >= 4 is 0 Å². The Morgan fingerprint density at radius 2 is 2.50 bits per heavy atom. The van der Waals surface area contributed by atoms with Crippen LogP contribution in [0.15, 0.2) is 12.7 Å². The Kier molecular flexibility index (Phi) is 2.87. The van der Waals surface area contributed by atoms with Crippen LogP contribution >= 0.6 is 0 Å². The van der Waals surface area contributed by atoms with Crippen LogP contribution in [-0.4, -0.2) is 30.7 Å². The molecule has 0 amide bonds. The summed E-state index contributed by atoms with van der Waals surface area (Å²) >= 11 is 0. The fourth-order valence-electron chi connectivity index (χ4n) is 1.26. The minimum Gasteiger partial charge on any atom is -0.300 e. The maximum atomic E-state index is 12.5. The molecule has 10 heavy (non-hydrogen) atoms. The first-order chi connectivity index (χ1) is 4.83. The smallest absolute Gasteiger partial charge is 0.114 e. The van der Waals surface area contributed by atoms with E-state index in [0.29, 0.717) is 6.54 Å². The largest absolute Gasteiger partial charge is 0.300 e. The molecule has 0 spiro atoms. The highest BCUT2D eigenvalue weighted by molar-refractivity contribution is 4.77. The highest BCUT2D eigenvalue weighted by Crippen LogP contribution is 2.11. The van der Waals surface area contributed by atoms with Crippen LogP contribution in [0.4, 0.5) is 4.39 Å². The number of alkyl halides is 1. The molecule has 0 aliphatic carbocycles. The SMILES string of the molecule is C=CCCN1CC[C@@H](F)C1. The highest BCUT2D eigenvalue weighted by atomic mass is 19.1. The van der Waals surface area contributed by atoms with Gasteiger partial charge in [0.2, 0.25) is 0 Å². The summed E-state index contributed by atoms with van der Waals surface area (Å²) in [6.07, 6.45) is 3.00. The molecule has 1 heterocycles. The van der Waals surface area contributed by atoms with Gasteiger partial charge >= 0.3 is 0 Å². The predicted molar refractivity (Wildman–Crippen MR) is 40.8 cm³/mol. The zero-order valence-corrected chi connectivity index (χ0v) is 6.22. The molecule has 1 saturated heterocycles. The summed E-state index contributed by atoms with van der Waals surface area (Å²) in [6.45, 7) is 6.15. The van der Waals surface area contributed by atoms with Crippen LogP contribution in [0.1, 0.15) is 12.8 Å². The van der Waals surface area contributed by atoms with Gasteiger partial charge in [-0.05, 0) is 12.8 Å². The Morgan fingerprint density at radius 3 is 3.00 bits per heavy atom. The Hall–Kier alpha value is -0.370. The maximum Gasteiger partial charge on any atom is 0.114 e. The van der Waals surface area contributed by atoms with Crippen molar-refractivity contribution in [3.05, 3.63) is 12.7 Å². The lowest BCUT2D eigenvalue weighted by atomic mass is 10.3. The number of likely N-dealkylation sites (tertiary alicyclic amines) is 1. The molecular weight excluding hydrogens is 129 g/mol. The molecule has 0 radical (unpaired) electrons. The minimum absolute atomic E-state index is 0.579. The van der Waals surface area contributed by atoms with E-state index in [-0.39, 0.29) is 0 Å². The van der Waals surface area contributed by atoms with Crippen LogP contribution in [0.2, 0.25) is 0 Å². The first kappa shape index (κ1) is 7.73. The van der Waals surface area contributed by atoms with E-state index in [0.717, 1.165) is 25.9 Å². The van der Waals surface area contributed by atoms with Gasteiger partial charge in [-0.2, -0.15) is 0 Å². The number of rotatable bonds is 3. The number of hydrogen-bond acceptors (Lipinski definition) is 1. The van der Waals surface area contributed by atoms with Crippen molar-refractivity contribution in [3.8, 4) is 0 Å². The molecule has 1 atom stereocenters. The third-order valence-corrected chi connectivity index (χ3v) is 1.86. The fourth-order valence-corrected chi connectivity index (χ4v) is 1.26. The average molecular weight is 143 g/mol. The Morgan fingerprint density at radius 1 is 1.70 bits per heavy atom. The Bertz CT molecular complexity index is 114. The molecule has 1 rings (SSSR count). The van der Waals surface area contributed by atoms with Gasteiger partial charge in [-0.3, -0.25) is 0 Å². The van der Waals surface area contributed by atoms with Crippen LogP contribution in [0, 0.1) is 0 Å². The van der Waals surface area contributed by atoms with Crippen molar-refractivity contribution < 1.29 is 4.39 Å². The maximum absolute atomic E-state index is 12.5. The summed E-state index contributed by atoms with van der Waals surface area (Å²) in [7, 11) is 0. The van der Waals surface area contributed by atoms with Crippen molar-refractivity contribution in [2.75, 3.05) is 19.6 Å². The highest BCUT2D eigenvalue weighted by Gasteiger charge is 2.20. The first-order valence-electron chi connectivity index (χ1n) is 3.80. The molecule has 0 saturated carbocycles. The van der Waals surface area contributed by atoms with Crippen molar-refractivity contribution in [1.82, 2.24) is 4.90 Å². The number of hydrogen-bond donors (Lipinski definition) is 0. The Labute approximate surface area is 61.5 Å². The molecule has 0 aromatic rings. The van der Waals surface area contributed by atoms with Crippen LogP contribution in [-0.2, 0) is 0 Å². The van der Waals surface area contributed by atoms with Gasteiger partial charge in [0.15, 0.2) is 0 Å². The number of nitrogens with zero attached hydrogens (tertiary/aromatic N) is 1. The zero-order chi connectivity index (χ0) is 7.40. The summed E-state index contributed by atoms with van der Waals surface area (Å²) < 4.78 is 12.5. The van der Waals surface area contributed by atoms with Gasteiger partial charge in [-0.15, -0.1) is 6.58 Å². The third kappa shape index (κ3) is 2.10. The van der Waals surface area contributed by atoms with E-state index < -0.39 is 6.17 Å². The lowest BCUT2D eigenvalue weighted by Gasteiger charge is -2.11. The summed E-state index contributed by atoms with van der Waals surface area (Å²) in [6, 6.07) is 0. The molecule has 0 bridgehead atoms. The first-order valence-corrected chi connectivity index (χ1v) is 3.80. The zero-order valence-electron chi connectivity index (χ0n) is 6.22. The average Bonchev–Trinajstić information content (AvgIpc) is 2.31. The van der Waals surface area contributed by atoms with Gasteiger partial charge in [0.05, 0.1) is 0 Å². The molecule has 1 nitrogen and oxygen atoms in total. The van der Waals surface area contributed by atoms with E-state index in [1.807, 2.05) is 6.08 Å². The van der Waals surface area contributed by atoms with E-state index in [1.54, 1.807) is 0 Å². The molecule has 0 aromatic heterocycles. The fraction of sp³-hybridized carbons (Fsp3) is 0.750. The second-order valence-corrected chi connectivity index (χ2v) is 2.76. The van der Waals surface area contributed by atoms with Crippen molar-refractivity contribution in [1.29, 1.82) is 0 Å². The second-order valence-electron chi connectivity index (χ2n) is 2.76. The topological polar surface area (TPSA) is 3.24 Å². The lowest BCUT2D eigenvalue weighted by Crippen LogP contribution is -2.21. The summed E-state index contributed by atoms with van der Waals surface area (Å²) in [5, 5.41) is 0. The van der Waals surface area contributed by atoms with Crippen LogP contribution in [0.5, 0.6) is 0 Å². The standard InChI is InChI=1S/C8H14FN/c1-2-3-5-10-6-4-8(9)7-10/h2,8H,1,3-7H2/t8-/m1/s1. The Balaban J connectivity index is 2.12. The monoisotopic (exact) mass is 143 g/mol. The van der Waals surface area contributed by atoms with E-state index in [9.17, 15) is 4.39 Å². The van der Waals surface area contributed by atoms with Crippen molar-refractivity contribution in [3.63, 3.8) is 0 Å². The van der Waals surface area contributed by atoms with Gasteiger partial charge in [-0.1, -0.05) is 6.08 Å². The van der Waals surface area contributed by atoms with E-state index in [4.69, 9.17) is 0 Å². The quantitative estimate of drug-likeness (QED) is 0.542. The van der Waals surface area contributed by atoms with Crippen LogP contribution < -0.4 is 0 Å². The molecule has 1 aliphatic heterocycles. The predicted octanol–water partition coefficient (Wildman–Crippen LogP) is 1.61. The normalized spacial score (nSPS) is 27.1. The summed E-state index contributed by atoms with van der Waals surface area (Å²) in [5.74, 6) is 0.